The lowest BCUT2D eigenvalue weighted by atomic mass is 10.5. The minimum Gasteiger partial charge on any atom is -0.372 e. The zero-order chi connectivity index (χ0) is 5.82. The summed E-state index contributed by atoms with van der Waals surface area (Å²) in [6.07, 6.45) is 0. The molecular weight excluding hydrogens is 122 g/mol. The molecule has 0 aliphatic rings. The van der Waals surface area contributed by atoms with E-state index < -0.39 is 0 Å². The molecule has 0 aromatic carbocycles. The summed E-state index contributed by atoms with van der Waals surface area (Å²) >= 11 is 1.56. The van der Waals surface area contributed by atoms with Crippen molar-refractivity contribution >= 4 is 11.3 Å². The van der Waals surface area contributed by atoms with E-state index in [-0.39, 0.29) is 0 Å². The molecule has 0 amide bonds. The quantitative estimate of drug-likeness (QED) is 0.599. The molecule has 0 bridgehead atoms. The fourth-order valence-electron chi connectivity index (χ4n) is 0.401. The number of aromatic nitrogens is 1. The predicted octanol–water partition coefficient (Wildman–Crippen LogP) is 1.30. The van der Waals surface area contributed by atoms with E-state index in [9.17, 15) is 0 Å². The van der Waals surface area contributed by atoms with Crippen molar-refractivity contribution in [3.8, 4) is 0 Å². The number of rotatable bonds is 2. The van der Waals surface area contributed by atoms with Crippen LogP contribution in [0.15, 0.2) is 10.9 Å². The zero-order valence-corrected chi connectivity index (χ0v) is 5.31. The molecule has 1 aromatic rings. The molecule has 0 fully saturated rings. The van der Waals surface area contributed by atoms with E-state index in [1.807, 2.05) is 5.38 Å². The summed E-state index contributed by atoms with van der Waals surface area (Å²) in [5.74, 6) is 0. The van der Waals surface area contributed by atoms with E-state index >= 15 is 0 Å². The number of thiazole rings is 1. The largest absolute Gasteiger partial charge is 0.372 e. The minimum absolute atomic E-state index is 0.887. The first-order valence-corrected chi connectivity index (χ1v) is 3.12. The third kappa shape index (κ3) is 1.28. The van der Waals surface area contributed by atoms with Crippen molar-refractivity contribution < 1.29 is 4.74 Å². The molecule has 0 saturated carbocycles. The Balaban J connectivity index is 2.50. The summed E-state index contributed by atoms with van der Waals surface area (Å²) in [6.45, 7) is 1.61. The van der Waals surface area contributed by atoms with Crippen LogP contribution in [0.3, 0.4) is 0 Å². The van der Waals surface area contributed by atoms with Gasteiger partial charge in [0, 0.05) is 12.5 Å². The van der Waals surface area contributed by atoms with Gasteiger partial charge >= 0.3 is 0 Å². The van der Waals surface area contributed by atoms with Gasteiger partial charge in [-0.3, -0.25) is 0 Å². The van der Waals surface area contributed by atoms with Gasteiger partial charge in [0.05, 0.1) is 11.2 Å². The van der Waals surface area contributed by atoms with E-state index in [1.165, 1.54) is 0 Å². The molecule has 1 heterocycles. The van der Waals surface area contributed by atoms with Gasteiger partial charge in [0.25, 0.3) is 0 Å². The second-order valence-electron chi connectivity index (χ2n) is 1.27. The van der Waals surface area contributed by atoms with E-state index in [1.54, 1.807) is 30.6 Å². The van der Waals surface area contributed by atoms with Crippen molar-refractivity contribution in [3.63, 3.8) is 0 Å². The number of hydrogen-bond donors (Lipinski definition) is 0. The number of hydrogen-bond acceptors (Lipinski definition) is 3. The Morgan fingerprint density at radius 2 is 2.75 bits per heavy atom. The number of methoxy groups -OCH3 is 1. The molecule has 1 rings (SSSR count). The second-order valence-corrected chi connectivity index (χ2v) is 1.99. The van der Waals surface area contributed by atoms with Gasteiger partial charge in [-0.1, -0.05) is 0 Å². The Hall–Kier alpha value is -0.410. The lowest BCUT2D eigenvalue weighted by Crippen LogP contribution is -1.80. The summed E-state index contributed by atoms with van der Waals surface area (Å²) in [6, 6.07) is 0. The fourth-order valence-corrected chi connectivity index (χ4v) is 0.900. The molecule has 43 valence electrons. The van der Waals surface area contributed by atoms with Crippen LogP contribution < -0.4 is 0 Å². The number of ether oxygens (including phenoxy) is 1. The first kappa shape index (κ1) is 5.72. The maximum Gasteiger partial charge on any atom is 0.132 e. The molecule has 0 N–H and O–H groups in total. The summed E-state index contributed by atoms with van der Waals surface area (Å²) in [5.41, 5.74) is 2.66. The average molecular weight is 128 g/mol. The smallest absolute Gasteiger partial charge is 0.132 e. The molecule has 0 atom stereocenters. The Kier molecular flexibility index (Phi) is 2.00. The van der Waals surface area contributed by atoms with Crippen molar-refractivity contribution in [2.75, 3.05) is 7.11 Å². The van der Waals surface area contributed by atoms with Crippen molar-refractivity contribution in [1.29, 1.82) is 0 Å². The highest BCUT2D eigenvalue weighted by Gasteiger charge is 1.89. The van der Waals surface area contributed by atoms with Gasteiger partial charge in [-0.2, -0.15) is 0 Å². The Bertz CT molecular complexity index is 138. The normalized spacial score (nSPS) is 9.62. The predicted molar refractivity (Wildman–Crippen MR) is 32.5 cm³/mol. The van der Waals surface area contributed by atoms with Gasteiger partial charge in [0.1, 0.15) is 6.61 Å². The zero-order valence-electron chi connectivity index (χ0n) is 4.50. The topological polar surface area (TPSA) is 22.1 Å². The highest BCUT2D eigenvalue weighted by atomic mass is 32.1. The summed E-state index contributed by atoms with van der Waals surface area (Å²) in [5, 5.41) is 1.92. The maximum atomic E-state index is 4.71. The molecule has 2 nitrogen and oxygen atoms in total. The molecular formula is C5H6NOS. The monoisotopic (exact) mass is 128 g/mol. The third-order valence-electron chi connectivity index (χ3n) is 0.690. The molecule has 3 heteroatoms. The Labute approximate surface area is 52.1 Å². The van der Waals surface area contributed by atoms with Crippen LogP contribution >= 0.6 is 11.3 Å². The van der Waals surface area contributed by atoms with Crippen LogP contribution in [0.1, 0.15) is 5.69 Å². The summed E-state index contributed by atoms with van der Waals surface area (Å²) < 4.78 is 4.71. The molecule has 0 spiro atoms. The standard InChI is InChI=1S/C5H6NOS/c1-7-2-5-3-8-4-6-5/h2-4H,1H3. The van der Waals surface area contributed by atoms with Gasteiger partial charge in [-0.15, -0.1) is 11.3 Å². The molecule has 1 aromatic heterocycles. The lowest BCUT2D eigenvalue weighted by molar-refractivity contribution is 0.290. The van der Waals surface area contributed by atoms with Crippen LogP contribution in [0.4, 0.5) is 0 Å². The van der Waals surface area contributed by atoms with Gasteiger partial charge in [-0.25, -0.2) is 4.98 Å². The van der Waals surface area contributed by atoms with Gasteiger partial charge in [0.2, 0.25) is 0 Å². The van der Waals surface area contributed by atoms with Crippen LogP contribution in [-0.2, 0) is 4.74 Å². The Morgan fingerprint density at radius 3 is 3.25 bits per heavy atom. The first-order chi connectivity index (χ1) is 3.93. The highest BCUT2D eigenvalue weighted by Crippen LogP contribution is 2.02. The van der Waals surface area contributed by atoms with Crippen molar-refractivity contribution in [2.24, 2.45) is 0 Å². The molecule has 0 aliphatic heterocycles. The van der Waals surface area contributed by atoms with Crippen molar-refractivity contribution in [1.82, 2.24) is 4.98 Å². The molecule has 8 heavy (non-hydrogen) atoms. The SMILES string of the molecule is CO[CH]c1cscn1. The second kappa shape index (κ2) is 2.79. The summed E-state index contributed by atoms with van der Waals surface area (Å²) in [7, 11) is 1.61. The fraction of sp³-hybridized carbons (Fsp3) is 0.200. The third-order valence-corrected chi connectivity index (χ3v) is 1.29. The van der Waals surface area contributed by atoms with Gasteiger partial charge in [-0.05, 0) is 0 Å². The molecule has 0 unspecified atom stereocenters. The van der Waals surface area contributed by atoms with Gasteiger partial charge in [0.15, 0.2) is 0 Å². The van der Waals surface area contributed by atoms with Gasteiger partial charge < -0.3 is 4.74 Å². The first-order valence-electron chi connectivity index (χ1n) is 2.17. The van der Waals surface area contributed by atoms with Crippen LogP contribution in [0.2, 0.25) is 0 Å². The van der Waals surface area contributed by atoms with Crippen LogP contribution in [0.5, 0.6) is 0 Å². The van der Waals surface area contributed by atoms with Crippen LogP contribution in [0, 0.1) is 6.61 Å². The molecule has 0 saturated heterocycles. The summed E-state index contributed by atoms with van der Waals surface area (Å²) in [4.78, 5) is 3.94. The molecule has 1 radical (unpaired) electrons. The maximum absolute atomic E-state index is 4.71. The van der Waals surface area contributed by atoms with E-state index in [4.69, 9.17) is 4.74 Å². The average Bonchev–Trinajstić information content (AvgIpc) is 2.19. The van der Waals surface area contributed by atoms with E-state index in [0.29, 0.717) is 0 Å². The lowest BCUT2D eigenvalue weighted by Gasteiger charge is -1.86. The van der Waals surface area contributed by atoms with Crippen LogP contribution in [0.25, 0.3) is 0 Å². The Morgan fingerprint density at radius 1 is 1.88 bits per heavy atom. The number of nitrogens with zero attached hydrogens (tertiary/aromatic N) is 1. The van der Waals surface area contributed by atoms with Crippen LogP contribution in [-0.4, -0.2) is 12.1 Å². The highest BCUT2D eigenvalue weighted by molar-refractivity contribution is 7.07. The van der Waals surface area contributed by atoms with Crippen molar-refractivity contribution in [3.05, 3.63) is 23.2 Å². The van der Waals surface area contributed by atoms with E-state index in [2.05, 4.69) is 4.98 Å². The minimum atomic E-state index is 0.887. The van der Waals surface area contributed by atoms with E-state index in [0.717, 1.165) is 5.69 Å². The van der Waals surface area contributed by atoms with Crippen molar-refractivity contribution in [2.45, 2.75) is 0 Å². The molecule has 0 aliphatic carbocycles.